The molecule has 0 fully saturated rings. The van der Waals surface area contributed by atoms with Gasteiger partial charge in [-0.1, -0.05) is 61.9 Å². The van der Waals surface area contributed by atoms with E-state index in [-0.39, 0.29) is 0 Å². The van der Waals surface area contributed by atoms with E-state index in [9.17, 15) is 0 Å². The zero-order chi connectivity index (χ0) is 10.5. The van der Waals surface area contributed by atoms with Crippen molar-refractivity contribution in [3.05, 3.63) is 54.1 Å². The number of rotatable bonds is 3. The summed E-state index contributed by atoms with van der Waals surface area (Å²) >= 11 is 0. The van der Waals surface area contributed by atoms with Crippen LogP contribution in [0.25, 0.3) is 5.57 Å². The van der Waals surface area contributed by atoms with E-state index in [2.05, 4.69) is 55.5 Å². The first-order valence-electron chi connectivity index (χ1n) is 5.84. The summed E-state index contributed by atoms with van der Waals surface area (Å²) in [6.07, 6.45) is 10.5. The van der Waals surface area contributed by atoms with Crippen molar-refractivity contribution in [2.75, 3.05) is 0 Å². The molecule has 0 bridgehead atoms. The molecule has 0 saturated carbocycles. The van der Waals surface area contributed by atoms with E-state index >= 15 is 0 Å². The van der Waals surface area contributed by atoms with Crippen molar-refractivity contribution < 1.29 is 0 Å². The molecule has 0 N–H and O–H groups in total. The smallest absolute Gasteiger partial charge is 0.0121 e. The maximum atomic E-state index is 2.28. The molecule has 0 radical (unpaired) electrons. The van der Waals surface area contributed by atoms with Gasteiger partial charge in [0.05, 0.1) is 0 Å². The summed E-state index contributed by atoms with van der Waals surface area (Å²) in [5.74, 6) is 0.724. The Balaban J connectivity index is 2.25. The number of allylic oxidation sites excluding steroid dienone is 4. The van der Waals surface area contributed by atoms with E-state index in [1.54, 1.807) is 0 Å². The molecule has 1 unspecified atom stereocenters. The van der Waals surface area contributed by atoms with Gasteiger partial charge >= 0.3 is 0 Å². The van der Waals surface area contributed by atoms with Crippen molar-refractivity contribution >= 4 is 5.57 Å². The normalized spacial score (nSPS) is 20.1. The maximum Gasteiger partial charge on any atom is -0.0121 e. The van der Waals surface area contributed by atoms with Crippen molar-refractivity contribution in [2.45, 2.75) is 26.2 Å². The summed E-state index contributed by atoms with van der Waals surface area (Å²) in [5.41, 5.74) is 2.90. The van der Waals surface area contributed by atoms with Gasteiger partial charge in [-0.05, 0) is 29.9 Å². The molecule has 0 nitrogen and oxygen atoms in total. The highest BCUT2D eigenvalue weighted by atomic mass is 14.2. The fourth-order valence-electron chi connectivity index (χ4n) is 2.26. The fraction of sp³-hybridized carbons (Fsp3) is 0.333. The van der Waals surface area contributed by atoms with E-state index in [0.29, 0.717) is 0 Å². The maximum absolute atomic E-state index is 2.28. The molecule has 1 aromatic carbocycles. The molecular formula is C15H18. The molecule has 0 aliphatic heterocycles. The summed E-state index contributed by atoms with van der Waals surface area (Å²) in [6.45, 7) is 2.26. The molecule has 0 heteroatoms. The predicted octanol–water partition coefficient (Wildman–Crippen LogP) is 4.45. The Kier molecular flexibility index (Phi) is 3.39. The van der Waals surface area contributed by atoms with Gasteiger partial charge in [0, 0.05) is 0 Å². The molecule has 1 atom stereocenters. The number of benzene rings is 1. The quantitative estimate of drug-likeness (QED) is 0.673. The van der Waals surface area contributed by atoms with Crippen LogP contribution in [0.5, 0.6) is 0 Å². The van der Waals surface area contributed by atoms with Gasteiger partial charge in [0.25, 0.3) is 0 Å². The van der Waals surface area contributed by atoms with Crippen molar-refractivity contribution in [3.8, 4) is 0 Å². The Morgan fingerprint density at radius 2 is 2.00 bits per heavy atom. The van der Waals surface area contributed by atoms with E-state index in [1.807, 2.05) is 0 Å². The molecule has 0 heterocycles. The van der Waals surface area contributed by atoms with Crippen molar-refractivity contribution in [3.63, 3.8) is 0 Å². The summed E-state index contributed by atoms with van der Waals surface area (Å²) < 4.78 is 0. The molecule has 1 aromatic rings. The molecule has 15 heavy (non-hydrogen) atoms. The Hall–Kier alpha value is -1.30. The average Bonchev–Trinajstić information content (AvgIpc) is 2.31. The third kappa shape index (κ3) is 2.38. The lowest BCUT2D eigenvalue weighted by atomic mass is 9.84. The van der Waals surface area contributed by atoms with Crippen molar-refractivity contribution in [1.82, 2.24) is 0 Å². The van der Waals surface area contributed by atoms with Crippen LogP contribution < -0.4 is 0 Å². The van der Waals surface area contributed by atoms with Crippen molar-refractivity contribution in [1.29, 1.82) is 0 Å². The first-order valence-corrected chi connectivity index (χ1v) is 5.84. The highest BCUT2D eigenvalue weighted by molar-refractivity contribution is 5.70. The lowest BCUT2D eigenvalue weighted by Gasteiger charge is -2.21. The fourth-order valence-corrected chi connectivity index (χ4v) is 2.26. The van der Waals surface area contributed by atoms with Crippen molar-refractivity contribution in [2.24, 2.45) is 5.92 Å². The Labute approximate surface area is 92.3 Å². The van der Waals surface area contributed by atoms with Crippen LogP contribution in [0.3, 0.4) is 0 Å². The first kappa shape index (κ1) is 10.2. The molecule has 0 amide bonds. The highest BCUT2D eigenvalue weighted by Gasteiger charge is 2.15. The van der Waals surface area contributed by atoms with Gasteiger partial charge in [0.2, 0.25) is 0 Å². The van der Waals surface area contributed by atoms with Crippen LogP contribution in [0.2, 0.25) is 0 Å². The largest absolute Gasteiger partial charge is 0.0839 e. The van der Waals surface area contributed by atoms with Gasteiger partial charge < -0.3 is 0 Å². The van der Waals surface area contributed by atoms with E-state index < -0.39 is 0 Å². The Morgan fingerprint density at radius 3 is 2.73 bits per heavy atom. The molecule has 0 saturated heterocycles. The van der Waals surface area contributed by atoms with Gasteiger partial charge in [-0.25, -0.2) is 0 Å². The molecular weight excluding hydrogens is 180 g/mol. The number of hydrogen-bond acceptors (Lipinski definition) is 0. The topological polar surface area (TPSA) is 0 Å². The Bertz CT molecular complexity index is 357. The molecule has 0 spiro atoms. The summed E-state index contributed by atoms with van der Waals surface area (Å²) in [5, 5.41) is 0. The van der Waals surface area contributed by atoms with Crippen LogP contribution in [0.4, 0.5) is 0 Å². The van der Waals surface area contributed by atoms with Crippen LogP contribution in [0.15, 0.2) is 48.6 Å². The summed E-state index contributed by atoms with van der Waals surface area (Å²) in [6, 6.07) is 10.8. The first-order chi connectivity index (χ1) is 7.42. The molecule has 78 valence electrons. The third-order valence-corrected chi connectivity index (χ3v) is 3.02. The van der Waals surface area contributed by atoms with E-state index in [4.69, 9.17) is 0 Å². The third-order valence-electron chi connectivity index (χ3n) is 3.02. The second-order valence-electron chi connectivity index (χ2n) is 4.14. The van der Waals surface area contributed by atoms with Crippen LogP contribution >= 0.6 is 0 Å². The standard InChI is InChI=1S/C15H18/c1-2-8-13-11-6-7-12-15(13)14-9-4-3-5-10-14/h3-7,9-10,12-13H,2,8,11H2,1H3. The molecule has 1 aliphatic rings. The lowest BCUT2D eigenvalue weighted by Crippen LogP contribution is -2.04. The van der Waals surface area contributed by atoms with Crippen LogP contribution in [-0.4, -0.2) is 0 Å². The SMILES string of the molecule is CCCC1CC=CC=C1c1ccccc1. The van der Waals surface area contributed by atoms with E-state index in [0.717, 1.165) is 5.92 Å². The second-order valence-corrected chi connectivity index (χ2v) is 4.14. The second kappa shape index (κ2) is 4.97. The zero-order valence-electron chi connectivity index (χ0n) is 9.32. The van der Waals surface area contributed by atoms with E-state index in [1.165, 1.54) is 30.4 Å². The summed E-state index contributed by atoms with van der Waals surface area (Å²) in [4.78, 5) is 0. The predicted molar refractivity (Wildman–Crippen MR) is 66.6 cm³/mol. The molecule has 0 aromatic heterocycles. The van der Waals surface area contributed by atoms with Crippen LogP contribution in [0.1, 0.15) is 31.7 Å². The van der Waals surface area contributed by atoms with Gasteiger partial charge in [0.1, 0.15) is 0 Å². The zero-order valence-corrected chi connectivity index (χ0v) is 9.32. The van der Waals surface area contributed by atoms with Gasteiger partial charge in [-0.3, -0.25) is 0 Å². The summed E-state index contributed by atoms with van der Waals surface area (Å²) in [7, 11) is 0. The van der Waals surface area contributed by atoms with Gasteiger partial charge in [0.15, 0.2) is 0 Å². The van der Waals surface area contributed by atoms with Gasteiger partial charge in [-0.2, -0.15) is 0 Å². The molecule has 2 rings (SSSR count). The van der Waals surface area contributed by atoms with Gasteiger partial charge in [-0.15, -0.1) is 0 Å². The molecule has 1 aliphatic carbocycles. The van der Waals surface area contributed by atoms with Crippen LogP contribution in [-0.2, 0) is 0 Å². The Morgan fingerprint density at radius 1 is 1.20 bits per heavy atom. The van der Waals surface area contributed by atoms with Crippen LogP contribution in [0, 0.1) is 5.92 Å². The average molecular weight is 198 g/mol. The minimum Gasteiger partial charge on any atom is -0.0839 e. The lowest BCUT2D eigenvalue weighted by molar-refractivity contribution is 0.600. The monoisotopic (exact) mass is 198 g/mol. The minimum atomic E-state index is 0.724. The highest BCUT2D eigenvalue weighted by Crippen LogP contribution is 2.32. The minimum absolute atomic E-state index is 0.724. The number of hydrogen-bond donors (Lipinski definition) is 0.